The first-order valence-corrected chi connectivity index (χ1v) is 10.8. The Hall–Kier alpha value is -1.91. The Morgan fingerprint density at radius 3 is 2.93 bits per heavy atom. The summed E-state index contributed by atoms with van der Waals surface area (Å²) in [4.78, 5) is 11.2. The van der Waals surface area contributed by atoms with Crippen LogP contribution in [0.1, 0.15) is 49.7 Å². The van der Waals surface area contributed by atoms with Gasteiger partial charge in [0, 0.05) is 18.8 Å². The van der Waals surface area contributed by atoms with Crippen LogP contribution in [-0.2, 0) is 16.0 Å². The number of ether oxygens (including phenoxy) is 1. The number of carbonyl (C=O) groups is 1. The topological polar surface area (TPSA) is 66.8 Å². The van der Waals surface area contributed by atoms with Gasteiger partial charge in [-0.2, -0.15) is 0 Å². The number of aliphatic hydroxyl groups excluding tert-OH is 2. The highest BCUT2D eigenvalue weighted by Gasteiger charge is 2.44. The third kappa shape index (κ3) is 6.03. The number of hydrogen-bond donors (Lipinski definition) is 2. The van der Waals surface area contributed by atoms with E-state index in [0.717, 1.165) is 37.7 Å². The average Bonchev–Trinajstić information content (AvgIpc) is 3.19. The Labute approximate surface area is 174 Å². The number of hydrogen-bond acceptors (Lipinski definition) is 4. The van der Waals surface area contributed by atoms with E-state index in [1.54, 1.807) is 0 Å². The molecule has 29 heavy (non-hydrogen) atoms. The second-order valence-corrected chi connectivity index (χ2v) is 8.69. The highest BCUT2D eigenvalue weighted by molar-refractivity contribution is 5.69. The zero-order valence-corrected chi connectivity index (χ0v) is 17.6. The molecular weight excluding hydrogens is 364 g/mol. The number of carbonyl (C=O) groups excluding carboxylic acids is 1. The maximum Gasteiger partial charge on any atom is 0.305 e. The van der Waals surface area contributed by atoms with Gasteiger partial charge in [-0.25, -0.2) is 0 Å². The van der Waals surface area contributed by atoms with Crippen molar-refractivity contribution in [3.8, 4) is 0 Å². The summed E-state index contributed by atoms with van der Waals surface area (Å²) in [6.45, 7) is 2.06. The summed E-state index contributed by atoms with van der Waals surface area (Å²) in [6.07, 6.45) is 11.1. The molecule has 0 aliphatic heterocycles. The Balaban J connectivity index is 1.52. The highest BCUT2D eigenvalue weighted by Crippen LogP contribution is 2.50. The second kappa shape index (κ2) is 10.2. The van der Waals surface area contributed by atoms with Crippen LogP contribution in [0, 0.1) is 24.7 Å². The Kier molecular flexibility index (Phi) is 7.68. The number of esters is 1. The van der Waals surface area contributed by atoms with Crippen LogP contribution in [0.4, 0.5) is 0 Å². The van der Waals surface area contributed by atoms with Crippen molar-refractivity contribution < 1.29 is 19.7 Å². The number of benzene rings is 1. The summed E-state index contributed by atoms with van der Waals surface area (Å²) in [5, 5.41) is 20.9. The molecule has 2 saturated carbocycles. The molecule has 0 unspecified atom stereocenters. The zero-order chi connectivity index (χ0) is 20.8. The quantitative estimate of drug-likeness (QED) is 0.392. The first-order valence-electron chi connectivity index (χ1n) is 10.8. The smallest absolute Gasteiger partial charge is 0.305 e. The second-order valence-electron chi connectivity index (χ2n) is 8.69. The monoisotopic (exact) mass is 398 g/mol. The fourth-order valence-corrected chi connectivity index (χ4v) is 5.00. The van der Waals surface area contributed by atoms with Gasteiger partial charge in [0.25, 0.3) is 0 Å². The normalized spacial score (nSPS) is 28.8. The van der Waals surface area contributed by atoms with Gasteiger partial charge < -0.3 is 14.9 Å². The predicted molar refractivity (Wildman–Crippen MR) is 114 cm³/mol. The molecule has 4 heteroatoms. The lowest BCUT2D eigenvalue weighted by Gasteiger charge is -2.18. The molecule has 0 heterocycles. The largest absolute Gasteiger partial charge is 0.469 e. The van der Waals surface area contributed by atoms with Gasteiger partial charge in [0.05, 0.1) is 19.3 Å². The predicted octanol–water partition coefficient (Wildman–Crippen LogP) is 4.13. The molecule has 158 valence electrons. The minimum Gasteiger partial charge on any atom is -0.469 e. The van der Waals surface area contributed by atoms with Crippen LogP contribution < -0.4 is 0 Å². The van der Waals surface area contributed by atoms with Crippen LogP contribution in [0.5, 0.6) is 0 Å². The Morgan fingerprint density at radius 1 is 1.34 bits per heavy atom. The van der Waals surface area contributed by atoms with Crippen molar-refractivity contribution in [2.45, 2.75) is 64.1 Å². The Bertz CT molecular complexity index is 751. The van der Waals surface area contributed by atoms with Crippen LogP contribution in [-0.4, -0.2) is 35.5 Å². The molecule has 0 saturated heterocycles. The summed E-state index contributed by atoms with van der Waals surface area (Å²) < 4.78 is 4.68. The number of aliphatic hydroxyl groups is 2. The average molecular weight is 399 g/mol. The van der Waals surface area contributed by atoms with E-state index in [0.29, 0.717) is 24.7 Å². The van der Waals surface area contributed by atoms with Crippen LogP contribution in [0.15, 0.2) is 48.1 Å². The van der Waals surface area contributed by atoms with Crippen LogP contribution in [0.25, 0.3) is 0 Å². The van der Waals surface area contributed by atoms with Gasteiger partial charge in [-0.1, -0.05) is 53.6 Å². The zero-order valence-electron chi connectivity index (χ0n) is 17.6. The summed E-state index contributed by atoms with van der Waals surface area (Å²) in [5.74, 6) is 0.956. The molecule has 2 N–H and O–H groups in total. The third-order valence-electron chi connectivity index (χ3n) is 6.44. The molecule has 0 aromatic heterocycles. The van der Waals surface area contributed by atoms with Crippen LogP contribution in [0.3, 0.4) is 0 Å². The fourth-order valence-electron chi connectivity index (χ4n) is 5.00. The van der Waals surface area contributed by atoms with Crippen molar-refractivity contribution in [3.63, 3.8) is 0 Å². The van der Waals surface area contributed by atoms with Crippen molar-refractivity contribution in [3.05, 3.63) is 59.2 Å². The molecule has 2 aliphatic carbocycles. The molecule has 1 aromatic carbocycles. The Morgan fingerprint density at radius 2 is 2.17 bits per heavy atom. The van der Waals surface area contributed by atoms with E-state index in [9.17, 15) is 15.0 Å². The van der Waals surface area contributed by atoms with Crippen molar-refractivity contribution >= 4 is 5.97 Å². The number of rotatable bonds is 8. The van der Waals surface area contributed by atoms with Gasteiger partial charge in [0.15, 0.2) is 0 Å². The molecule has 4 nitrogen and oxygen atoms in total. The molecule has 0 amide bonds. The van der Waals surface area contributed by atoms with E-state index in [2.05, 4.69) is 35.9 Å². The van der Waals surface area contributed by atoms with Gasteiger partial charge >= 0.3 is 5.97 Å². The molecular formula is C25H34O4. The minimum atomic E-state index is -0.530. The summed E-state index contributed by atoms with van der Waals surface area (Å²) in [5.41, 5.74) is 3.78. The van der Waals surface area contributed by atoms with Gasteiger partial charge in [0.2, 0.25) is 0 Å². The SMILES string of the molecule is COC(=O)CCC/C=C1\C[C@H]2C[C@@H](O)[C@H](/C=C/[C@H](O)Cc3cccc(C)c3)[C@H]2C1. The number of unbranched alkanes of at least 4 members (excludes halogenated alkanes) is 1. The molecule has 1 aromatic rings. The standard InChI is InChI=1S/C25H34O4/c1-17-6-5-8-18(12-17)14-21(26)10-11-22-23-15-19(13-20(23)16-24(22)27)7-3-4-9-25(28)29-2/h5-8,10-12,20-24,26-27H,3-4,9,13-16H2,1-2H3/b11-10+,19-7+/t20-,21-,22+,23-,24+/m0/s1. The molecule has 5 atom stereocenters. The number of fused-ring (bicyclic) bond motifs is 1. The molecule has 3 rings (SSSR count). The maximum atomic E-state index is 11.2. The van der Waals surface area contributed by atoms with E-state index in [-0.39, 0.29) is 18.0 Å². The van der Waals surface area contributed by atoms with Crippen LogP contribution in [0.2, 0.25) is 0 Å². The number of aryl methyl sites for hydroxylation is 1. The van der Waals surface area contributed by atoms with E-state index in [1.165, 1.54) is 18.2 Å². The van der Waals surface area contributed by atoms with E-state index < -0.39 is 6.10 Å². The minimum absolute atomic E-state index is 0.119. The van der Waals surface area contributed by atoms with E-state index in [4.69, 9.17) is 0 Å². The van der Waals surface area contributed by atoms with Crippen molar-refractivity contribution in [2.24, 2.45) is 17.8 Å². The maximum absolute atomic E-state index is 11.2. The molecule has 0 bridgehead atoms. The lowest BCUT2D eigenvalue weighted by molar-refractivity contribution is -0.140. The van der Waals surface area contributed by atoms with E-state index >= 15 is 0 Å². The highest BCUT2D eigenvalue weighted by atomic mass is 16.5. The molecule has 0 spiro atoms. The first kappa shape index (κ1) is 21.8. The lowest BCUT2D eigenvalue weighted by atomic mass is 9.90. The van der Waals surface area contributed by atoms with Crippen molar-refractivity contribution in [1.82, 2.24) is 0 Å². The van der Waals surface area contributed by atoms with Gasteiger partial charge in [-0.3, -0.25) is 4.79 Å². The van der Waals surface area contributed by atoms with Crippen LogP contribution >= 0.6 is 0 Å². The molecule has 2 aliphatic rings. The number of methoxy groups -OCH3 is 1. The van der Waals surface area contributed by atoms with Crippen molar-refractivity contribution in [2.75, 3.05) is 7.11 Å². The molecule has 2 fully saturated rings. The lowest BCUT2D eigenvalue weighted by Crippen LogP contribution is -2.18. The first-order chi connectivity index (χ1) is 14.0. The molecule has 0 radical (unpaired) electrons. The summed E-state index contributed by atoms with van der Waals surface area (Å²) in [7, 11) is 1.43. The van der Waals surface area contributed by atoms with Gasteiger partial charge in [-0.05, 0) is 56.4 Å². The van der Waals surface area contributed by atoms with Gasteiger partial charge in [0.1, 0.15) is 0 Å². The van der Waals surface area contributed by atoms with E-state index in [1.807, 2.05) is 18.2 Å². The summed E-state index contributed by atoms with van der Waals surface area (Å²) >= 11 is 0. The third-order valence-corrected chi connectivity index (χ3v) is 6.44. The van der Waals surface area contributed by atoms with Gasteiger partial charge in [-0.15, -0.1) is 0 Å². The number of allylic oxidation sites excluding steroid dienone is 2. The summed E-state index contributed by atoms with van der Waals surface area (Å²) in [6, 6.07) is 8.22. The van der Waals surface area contributed by atoms with Crippen molar-refractivity contribution in [1.29, 1.82) is 0 Å². The fraction of sp³-hybridized carbons (Fsp3) is 0.560.